The van der Waals surface area contributed by atoms with Gasteiger partial charge in [-0.05, 0) is 18.4 Å². The summed E-state index contributed by atoms with van der Waals surface area (Å²) in [5.74, 6) is 0.165. The molecule has 0 aliphatic heterocycles. The molecule has 1 saturated carbocycles. The van der Waals surface area contributed by atoms with Gasteiger partial charge in [0.15, 0.2) is 0 Å². The van der Waals surface area contributed by atoms with Crippen LogP contribution in [0.5, 0.6) is 0 Å². The van der Waals surface area contributed by atoms with Crippen molar-refractivity contribution in [1.29, 1.82) is 0 Å². The summed E-state index contributed by atoms with van der Waals surface area (Å²) in [5, 5.41) is 9.32. The quantitative estimate of drug-likeness (QED) is 0.871. The Morgan fingerprint density at radius 3 is 2.44 bits per heavy atom. The molecular formula is C13H16O2S. The number of hydrogen-bond acceptors (Lipinski definition) is 2. The van der Waals surface area contributed by atoms with Crippen molar-refractivity contribution in [2.24, 2.45) is 0 Å². The number of carbonyl (C=O) groups is 1. The molecule has 2 nitrogen and oxygen atoms in total. The first-order valence-corrected chi connectivity index (χ1v) is 6.63. The van der Waals surface area contributed by atoms with Gasteiger partial charge in [-0.3, -0.25) is 4.79 Å². The molecule has 1 aliphatic carbocycles. The highest BCUT2D eigenvalue weighted by molar-refractivity contribution is 8.00. The molecule has 0 heterocycles. The molecule has 3 heteroatoms. The first-order valence-electron chi connectivity index (χ1n) is 5.64. The van der Waals surface area contributed by atoms with E-state index >= 15 is 0 Å². The molecule has 0 unspecified atom stereocenters. The van der Waals surface area contributed by atoms with Gasteiger partial charge in [0.1, 0.15) is 4.75 Å². The van der Waals surface area contributed by atoms with Gasteiger partial charge in [-0.25, -0.2) is 0 Å². The zero-order valence-corrected chi connectivity index (χ0v) is 10.0. The molecule has 0 radical (unpaired) electrons. The van der Waals surface area contributed by atoms with Crippen LogP contribution in [-0.2, 0) is 10.5 Å². The Balaban J connectivity index is 2.00. The molecule has 0 amide bonds. The fraction of sp³-hybridized carbons (Fsp3) is 0.462. The molecule has 0 bridgehead atoms. The van der Waals surface area contributed by atoms with Gasteiger partial charge in [0, 0.05) is 5.75 Å². The molecule has 1 aromatic carbocycles. The van der Waals surface area contributed by atoms with E-state index in [0.29, 0.717) is 0 Å². The van der Waals surface area contributed by atoms with Gasteiger partial charge in [-0.1, -0.05) is 43.2 Å². The lowest BCUT2D eigenvalue weighted by Crippen LogP contribution is -2.31. The number of thioether (sulfide) groups is 1. The monoisotopic (exact) mass is 236 g/mol. The van der Waals surface area contributed by atoms with E-state index in [1.165, 1.54) is 5.56 Å². The third-order valence-electron chi connectivity index (χ3n) is 3.16. The van der Waals surface area contributed by atoms with Crippen molar-refractivity contribution in [3.8, 4) is 0 Å². The van der Waals surface area contributed by atoms with Crippen molar-refractivity contribution >= 4 is 17.7 Å². The van der Waals surface area contributed by atoms with E-state index in [-0.39, 0.29) is 0 Å². The van der Waals surface area contributed by atoms with Gasteiger partial charge in [-0.2, -0.15) is 0 Å². The van der Waals surface area contributed by atoms with Crippen LogP contribution in [0.4, 0.5) is 0 Å². The maximum Gasteiger partial charge on any atom is 0.319 e. The number of aliphatic carboxylic acids is 1. The fourth-order valence-corrected chi connectivity index (χ4v) is 3.50. The van der Waals surface area contributed by atoms with Gasteiger partial charge in [-0.15, -0.1) is 11.8 Å². The lowest BCUT2D eigenvalue weighted by atomic mass is 10.1. The summed E-state index contributed by atoms with van der Waals surface area (Å²) >= 11 is 1.59. The fourth-order valence-electron chi connectivity index (χ4n) is 2.16. The first kappa shape index (κ1) is 11.5. The Kier molecular flexibility index (Phi) is 3.54. The number of carboxylic acids is 1. The first-order chi connectivity index (χ1) is 7.73. The minimum atomic E-state index is -0.633. The Bertz CT molecular complexity index is 355. The van der Waals surface area contributed by atoms with E-state index in [4.69, 9.17) is 0 Å². The third kappa shape index (κ3) is 2.40. The Morgan fingerprint density at radius 1 is 1.25 bits per heavy atom. The zero-order valence-electron chi connectivity index (χ0n) is 9.19. The van der Waals surface area contributed by atoms with E-state index in [0.717, 1.165) is 31.4 Å². The Morgan fingerprint density at radius 2 is 1.88 bits per heavy atom. The van der Waals surface area contributed by atoms with Gasteiger partial charge >= 0.3 is 5.97 Å². The molecule has 1 fully saturated rings. The largest absolute Gasteiger partial charge is 0.480 e. The molecule has 86 valence electrons. The predicted molar refractivity (Wildman–Crippen MR) is 66.6 cm³/mol. The van der Waals surface area contributed by atoms with Crippen LogP contribution in [0.3, 0.4) is 0 Å². The molecule has 1 N–H and O–H groups in total. The Labute approximate surface area is 100 Å². The third-order valence-corrected chi connectivity index (χ3v) is 4.77. The van der Waals surface area contributed by atoms with Crippen LogP contribution < -0.4 is 0 Å². The summed E-state index contributed by atoms with van der Waals surface area (Å²) in [6.07, 6.45) is 3.74. The van der Waals surface area contributed by atoms with Crippen LogP contribution >= 0.6 is 11.8 Å². The van der Waals surface area contributed by atoms with E-state index < -0.39 is 10.7 Å². The second kappa shape index (κ2) is 4.91. The average Bonchev–Trinajstić information content (AvgIpc) is 2.78. The van der Waals surface area contributed by atoms with E-state index in [1.54, 1.807) is 11.8 Å². The number of benzene rings is 1. The molecule has 1 aliphatic rings. The standard InChI is InChI=1S/C13H16O2S/c14-12(15)13(8-4-5-9-13)16-10-11-6-2-1-3-7-11/h1-3,6-7H,4-5,8-10H2,(H,14,15). The topological polar surface area (TPSA) is 37.3 Å². The van der Waals surface area contributed by atoms with Crippen LogP contribution in [0.1, 0.15) is 31.2 Å². The van der Waals surface area contributed by atoms with Crippen LogP contribution in [0.15, 0.2) is 30.3 Å². The lowest BCUT2D eigenvalue weighted by molar-refractivity contribution is -0.139. The van der Waals surface area contributed by atoms with Gasteiger partial charge in [0.2, 0.25) is 0 Å². The highest BCUT2D eigenvalue weighted by Gasteiger charge is 2.41. The maximum absolute atomic E-state index is 11.3. The second-order valence-corrected chi connectivity index (χ2v) is 5.64. The molecule has 0 spiro atoms. The summed E-state index contributed by atoms with van der Waals surface area (Å²) in [4.78, 5) is 11.3. The van der Waals surface area contributed by atoms with Gasteiger partial charge < -0.3 is 5.11 Å². The van der Waals surface area contributed by atoms with Gasteiger partial charge in [0.25, 0.3) is 0 Å². The minimum Gasteiger partial charge on any atom is -0.480 e. The van der Waals surface area contributed by atoms with Crippen LogP contribution in [0, 0.1) is 0 Å². The van der Waals surface area contributed by atoms with Crippen LogP contribution in [0.25, 0.3) is 0 Å². The van der Waals surface area contributed by atoms with Crippen LogP contribution in [0.2, 0.25) is 0 Å². The summed E-state index contributed by atoms with van der Waals surface area (Å²) in [6, 6.07) is 10.1. The molecule has 1 aromatic rings. The van der Waals surface area contributed by atoms with E-state index in [1.807, 2.05) is 18.2 Å². The second-order valence-electron chi connectivity index (χ2n) is 4.28. The summed E-state index contributed by atoms with van der Waals surface area (Å²) < 4.78 is -0.518. The predicted octanol–water partition coefficient (Wildman–Crippen LogP) is 3.32. The highest BCUT2D eigenvalue weighted by Crippen LogP contribution is 2.43. The summed E-state index contributed by atoms with van der Waals surface area (Å²) in [5.41, 5.74) is 1.21. The smallest absolute Gasteiger partial charge is 0.319 e. The summed E-state index contributed by atoms with van der Waals surface area (Å²) in [7, 11) is 0. The minimum absolute atomic E-state index is 0.518. The number of rotatable bonds is 4. The van der Waals surface area contributed by atoms with Crippen LogP contribution in [-0.4, -0.2) is 15.8 Å². The molecule has 0 saturated heterocycles. The Hall–Kier alpha value is -0.960. The molecule has 2 rings (SSSR count). The van der Waals surface area contributed by atoms with Crippen molar-refractivity contribution in [1.82, 2.24) is 0 Å². The number of hydrogen-bond donors (Lipinski definition) is 1. The molecule has 0 atom stereocenters. The van der Waals surface area contributed by atoms with Crippen molar-refractivity contribution in [2.75, 3.05) is 0 Å². The maximum atomic E-state index is 11.3. The summed E-state index contributed by atoms with van der Waals surface area (Å²) in [6.45, 7) is 0. The molecule has 0 aromatic heterocycles. The van der Waals surface area contributed by atoms with E-state index in [9.17, 15) is 9.90 Å². The average molecular weight is 236 g/mol. The normalized spacial score (nSPS) is 18.5. The van der Waals surface area contributed by atoms with Crippen molar-refractivity contribution < 1.29 is 9.90 Å². The van der Waals surface area contributed by atoms with E-state index in [2.05, 4.69) is 12.1 Å². The van der Waals surface area contributed by atoms with Gasteiger partial charge in [0.05, 0.1) is 0 Å². The lowest BCUT2D eigenvalue weighted by Gasteiger charge is -2.22. The zero-order chi connectivity index (χ0) is 11.4. The molecular weight excluding hydrogens is 220 g/mol. The van der Waals surface area contributed by atoms with Crippen molar-refractivity contribution in [2.45, 2.75) is 36.2 Å². The van der Waals surface area contributed by atoms with Crippen molar-refractivity contribution in [3.63, 3.8) is 0 Å². The van der Waals surface area contributed by atoms with Crippen molar-refractivity contribution in [3.05, 3.63) is 35.9 Å². The highest BCUT2D eigenvalue weighted by atomic mass is 32.2. The SMILES string of the molecule is O=C(O)C1(SCc2ccccc2)CCCC1. The molecule has 16 heavy (non-hydrogen) atoms. The number of carboxylic acid groups (broad SMARTS) is 1.